The Hall–Kier alpha value is -5.17. The molecule has 4 heterocycles. The van der Waals surface area contributed by atoms with Gasteiger partial charge in [0.15, 0.2) is 0 Å². The lowest BCUT2D eigenvalue weighted by Crippen LogP contribution is -2.74. The van der Waals surface area contributed by atoms with Gasteiger partial charge in [-0.05, 0) is 67.6 Å². The first-order chi connectivity index (χ1) is 26.6. The van der Waals surface area contributed by atoms with Gasteiger partial charge in [0.2, 0.25) is 17.7 Å². The van der Waals surface area contributed by atoms with Crippen LogP contribution in [0.15, 0.2) is 91.0 Å². The van der Waals surface area contributed by atoms with E-state index < -0.39 is 53.8 Å². The second-order valence-electron chi connectivity index (χ2n) is 14.7. The van der Waals surface area contributed by atoms with Gasteiger partial charge in [-0.1, -0.05) is 91.4 Å². The number of hydrogen-bond acceptors (Lipinski definition) is 6. The van der Waals surface area contributed by atoms with Crippen molar-refractivity contribution in [2.75, 3.05) is 32.8 Å². The van der Waals surface area contributed by atoms with E-state index in [0.29, 0.717) is 19.1 Å². The normalized spacial score (nSPS) is 23.1. The van der Waals surface area contributed by atoms with E-state index in [-0.39, 0.29) is 31.0 Å². The molecule has 0 spiro atoms. The monoisotopic (exact) mass is 757 g/mol. The number of piperidine rings is 2. The summed E-state index contributed by atoms with van der Waals surface area (Å²) in [5.74, 6) is -1.50. The van der Waals surface area contributed by atoms with Crippen LogP contribution in [0.5, 0.6) is 0 Å². The van der Waals surface area contributed by atoms with Crippen LogP contribution in [-0.2, 0) is 31.8 Å². The van der Waals surface area contributed by atoms with Crippen molar-refractivity contribution in [1.29, 1.82) is 0 Å². The van der Waals surface area contributed by atoms with E-state index in [1.165, 1.54) is 41.2 Å². The first-order valence-corrected chi connectivity index (χ1v) is 19.1. The molecule has 4 fully saturated rings. The van der Waals surface area contributed by atoms with E-state index in [1.54, 1.807) is 17.1 Å². The summed E-state index contributed by atoms with van der Waals surface area (Å²) >= 11 is 0. The van der Waals surface area contributed by atoms with E-state index in [1.807, 2.05) is 60.7 Å². The fourth-order valence-electron chi connectivity index (χ4n) is 8.34. The Morgan fingerprint density at radius 3 is 2.25 bits per heavy atom. The summed E-state index contributed by atoms with van der Waals surface area (Å²) in [5.41, 5.74) is 0.967. The molecule has 13 heteroatoms. The average Bonchev–Trinajstić information content (AvgIpc) is 3.58. The topological polar surface area (TPSA) is 103 Å². The van der Waals surface area contributed by atoms with Crippen LogP contribution in [0.25, 0.3) is 6.08 Å². The molecule has 0 bridgehead atoms. The maximum Gasteiger partial charge on any atom is 0.416 e. The zero-order chi connectivity index (χ0) is 38.5. The number of halogens is 3. The third-order valence-electron chi connectivity index (χ3n) is 11.3. The summed E-state index contributed by atoms with van der Waals surface area (Å²) in [6, 6.07) is 19.9. The van der Waals surface area contributed by atoms with Crippen LogP contribution >= 0.6 is 0 Å². The molecule has 2 unspecified atom stereocenters. The number of amides is 4. The Morgan fingerprint density at radius 2 is 1.56 bits per heavy atom. The molecule has 10 nitrogen and oxygen atoms in total. The van der Waals surface area contributed by atoms with Gasteiger partial charge < -0.3 is 24.8 Å². The van der Waals surface area contributed by atoms with Crippen molar-refractivity contribution in [2.24, 2.45) is 0 Å². The number of likely N-dealkylation sites (tertiary alicyclic amines) is 3. The van der Waals surface area contributed by atoms with Crippen molar-refractivity contribution in [2.45, 2.75) is 81.5 Å². The summed E-state index contributed by atoms with van der Waals surface area (Å²) in [6.45, 7) is 2.93. The molecular weight excluding hydrogens is 711 g/mol. The molecule has 4 atom stereocenters. The largest absolute Gasteiger partial charge is 0.447 e. The highest BCUT2D eigenvalue weighted by molar-refractivity contribution is 5.99. The number of cyclic esters (lactones) is 1. The second kappa shape index (κ2) is 16.7. The summed E-state index contributed by atoms with van der Waals surface area (Å²) < 4.78 is 46.0. The zero-order valence-electron chi connectivity index (χ0n) is 30.6. The molecule has 290 valence electrons. The van der Waals surface area contributed by atoms with Gasteiger partial charge in [-0.2, -0.15) is 13.2 Å². The van der Waals surface area contributed by atoms with Gasteiger partial charge in [0.1, 0.15) is 18.7 Å². The smallest absolute Gasteiger partial charge is 0.416 e. The van der Waals surface area contributed by atoms with Gasteiger partial charge in [-0.25, -0.2) is 4.79 Å². The highest BCUT2D eigenvalue weighted by atomic mass is 19.4. The maximum atomic E-state index is 14.5. The first-order valence-electron chi connectivity index (χ1n) is 19.1. The Kier molecular flexibility index (Phi) is 11.6. The molecular formula is C42H46F3N5O5. The second-order valence-corrected chi connectivity index (χ2v) is 14.7. The molecule has 0 aliphatic carbocycles. The summed E-state index contributed by atoms with van der Waals surface area (Å²) in [7, 11) is 0. The van der Waals surface area contributed by atoms with Crippen LogP contribution in [0, 0.1) is 0 Å². The van der Waals surface area contributed by atoms with Gasteiger partial charge >= 0.3 is 12.3 Å². The molecule has 1 N–H and O–H groups in total. The van der Waals surface area contributed by atoms with Crippen LogP contribution in [0.2, 0.25) is 0 Å². The minimum Gasteiger partial charge on any atom is -0.447 e. The average molecular weight is 758 g/mol. The Balaban J connectivity index is 1.16. The van der Waals surface area contributed by atoms with Crippen LogP contribution in [0.1, 0.15) is 66.8 Å². The highest BCUT2D eigenvalue weighted by Crippen LogP contribution is 2.39. The number of rotatable bonds is 11. The lowest BCUT2D eigenvalue weighted by molar-refractivity contribution is -0.164. The number of hydrogen-bond donors (Lipinski definition) is 1. The highest BCUT2D eigenvalue weighted by Gasteiger charge is 2.58. The van der Waals surface area contributed by atoms with Crippen LogP contribution in [0.4, 0.5) is 18.0 Å². The molecule has 4 aliphatic heterocycles. The molecule has 3 aromatic carbocycles. The van der Waals surface area contributed by atoms with Crippen molar-refractivity contribution in [1.82, 2.24) is 24.9 Å². The van der Waals surface area contributed by atoms with E-state index >= 15 is 0 Å². The summed E-state index contributed by atoms with van der Waals surface area (Å²) in [6.07, 6.45) is 3.19. The number of nitrogens with one attached hydrogen (secondary N) is 1. The predicted octanol–water partition coefficient (Wildman–Crippen LogP) is 6.04. The number of β-lactam (4-membered cyclic amide) rings is 1. The Morgan fingerprint density at radius 1 is 0.873 bits per heavy atom. The van der Waals surface area contributed by atoms with Crippen LogP contribution in [-0.4, -0.2) is 100 Å². The van der Waals surface area contributed by atoms with E-state index in [4.69, 9.17) is 4.74 Å². The van der Waals surface area contributed by atoms with Crippen molar-refractivity contribution in [3.05, 3.63) is 113 Å². The standard InChI is InChI=1S/C42H46F3N5O5/c43-42(44,45)32-16-10-13-30(25-32)27-46-39(52)35(26-37(51)48-23-19-33(20-24-48)47-21-8-3-9-22-47)49-34(18-17-29-11-4-1-5-12-29)38(40(49)53)50-36(28-55-41(50)54)31-14-6-2-7-15-31/h1-2,4-7,10-18,25,33-36,38H,3,8-9,19-24,26-28H2,(H,46,52)/t34?,35-,36-,38?/m0/s1. The van der Waals surface area contributed by atoms with Gasteiger partial charge in [0.05, 0.1) is 24.1 Å². The molecule has 55 heavy (non-hydrogen) atoms. The van der Waals surface area contributed by atoms with E-state index in [0.717, 1.165) is 49.2 Å². The molecule has 3 aromatic rings. The minimum atomic E-state index is -4.57. The van der Waals surface area contributed by atoms with Gasteiger partial charge in [0.25, 0.3) is 0 Å². The van der Waals surface area contributed by atoms with Crippen LogP contribution < -0.4 is 5.32 Å². The van der Waals surface area contributed by atoms with Crippen molar-refractivity contribution >= 4 is 29.9 Å². The van der Waals surface area contributed by atoms with Crippen molar-refractivity contribution < 1.29 is 37.1 Å². The molecule has 0 saturated carbocycles. The number of carbonyl (C=O) groups is 4. The molecule has 0 aromatic heterocycles. The lowest BCUT2D eigenvalue weighted by atomic mass is 9.87. The summed E-state index contributed by atoms with van der Waals surface area (Å²) in [5, 5.41) is 2.72. The number of ether oxygens (including phenoxy) is 1. The van der Waals surface area contributed by atoms with Gasteiger partial charge in [0, 0.05) is 25.7 Å². The SMILES string of the molecule is O=C(NCc1cccc(C(F)(F)F)c1)[C@H](CC(=O)N1CCC(N2CCCCC2)CC1)N1C(=O)C(N2C(=O)OC[C@H]2c2ccccc2)C1C=Cc1ccccc1. The Labute approximate surface area is 318 Å². The van der Waals surface area contributed by atoms with Crippen molar-refractivity contribution in [3.8, 4) is 0 Å². The zero-order valence-corrected chi connectivity index (χ0v) is 30.6. The van der Waals surface area contributed by atoms with Gasteiger partial charge in [-0.15, -0.1) is 0 Å². The molecule has 4 aliphatic rings. The quantitative estimate of drug-likeness (QED) is 0.240. The number of benzene rings is 3. The number of carbonyl (C=O) groups excluding carboxylic acids is 4. The number of alkyl halides is 3. The molecule has 7 rings (SSSR count). The fraction of sp³-hybridized carbons (Fsp3) is 0.429. The first kappa shape index (κ1) is 38.1. The molecule has 4 saturated heterocycles. The lowest BCUT2D eigenvalue weighted by Gasteiger charge is -2.52. The van der Waals surface area contributed by atoms with Crippen LogP contribution in [0.3, 0.4) is 0 Å². The minimum absolute atomic E-state index is 0.0362. The van der Waals surface area contributed by atoms with E-state index in [9.17, 15) is 32.3 Å². The molecule has 4 amide bonds. The maximum absolute atomic E-state index is 14.5. The third kappa shape index (κ3) is 8.56. The predicted molar refractivity (Wildman–Crippen MR) is 199 cm³/mol. The Bertz CT molecular complexity index is 1860. The van der Waals surface area contributed by atoms with E-state index in [2.05, 4.69) is 10.2 Å². The summed E-state index contributed by atoms with van der Waals surface area (Å²) in [4.78, 5) is 63.1. The third-order valence-corrected chi connectivity index (χ3v) is 11.3. The molecule has 0 radical (unpaired) electrons. The van der Waals surface area contributed by atoms with Gasteiger partial charge in [-0.3, -0.25) is 19.3 Å². The fourth-order valence-corrected chi connectivity index (χ4v) is 8.34. The van der Waals surface area contributed by atoms with Crippen molar-refractivity contribution in [3.63, 3.8) is 0 Å². The number of nitrogens with zero attached hydrogens (tertiary/aromatic N) is 4.